The molecule has 154 valence electrons. The molecule has 0 unspecified atom stereocenters. The Bertz CT molecular complexity index is 1370. The van der Waals surface area contributed by atoms with Gasteiger partial charge in [-0.15, -0.1) is 0 Å². The van der Waals surface area contributed by atoms with Crippen LogP contribution >= 0.6 is 0 Å². The van der Waals surface area contributed by atoms with Gasteiger partial charge in [0, 0.05) is 22.4 Å². The van der Waals surface area contributed by atoms with Crippen LogP contribution in [-0.4, -0.2) is 36.3 Å². The Morgan fingerprint density at radius 3 is 2.65 bits per heavy atom. The minimum atomic E-state index is -0.505. The van der Waals surface area contributed by atoms with Crippen molar-refractivity contribution in [3.05, 3.63) is 71.8 Å². The lowest BCUT2D eigenvalue weighted by Gasteiger charge is -2.26. The van der Waals surface area contributed by atoms with Crippen LogP contribution in [0.5, 0.6) is 5.75 Å². The molecule has 4 aromatic rings. The first kappa shape index (κ1) is 18.9. The van der Waals surface area contributed by atoms with Crippen LogP contribution in [0.3, 0.4) is 0 Å². The quantitative estimate of drug-likeness (QED) is 0.514. The average Bonchev–Trinajstić information content (AvgIpc) is 3.13. The highest BCUT2D eigenvalue weighted by molar-refractivity contribution is 6.13. The normalized spacial score (nSPS) is 13.5. The summed E-state index contributed by atoms with van der Waals surface area (Å²) in [6.45, 7) is -0.382. The molecule has 1 aromatic heterocycles. The van der Waals surface area contributed by atoms with Crippen LogP contribution in [0.15, 0.2) is 65.1 Å². The van der Waals surface area contributed by atoms with Crippen molar-refractivity contribution in [2.45, 2.75) is 6.42 Å². The van der Waals surface area contributed by atoms with Crippen LogP contribution in [0.25, 0.3) is 21.9 Å². The van der Waals surface area contributed by atoms with Crippen LogP contribution in [0, 0.1) is 0 Å². The molecule has 0 aliphatic carbocycles. The largest absolute Gasteiger partial charge is 0.495 e. The summed E-state index contributed by atoms with van der Waals surface area (Å²) < 4.78 is 11.3. The summed E-state index contributed by atoms with van der Waals surface area (Å²) in [7, 11) is 1.51. The fraction of sp³-hybridized carbons (Fsp3) is 0.125. The zero-order valence-electron chi connectivity index (χ0n) is 16.7. The van der Waals surface area contributed by atoms with E-state index in [0.29, 0.717) is 28.1 Å². The van der Waals surface area contributed by atoms with Gasteiger partial charge in [0.15, 0.2) is 0 Å². The van der Waals surface area contributed by atoms with Gasteiger partial charge >= 0.3 is 0 Å². The van der Waals surface area contributed by atoms with Gasteiger partial charge in [-0.2, -0.15) is 0 Å². The fourth-order valence-corrected chi connectivity index (χ4v) is 3.91. The third kappa shape index (κ3) is 3.20. The molecule has 0 atom stereocenters. The Morgan fingerprint density at radius 1 is 1.03 bits per heavy atom. The molecule has 1 aliphatic heterocycles. The first-order valence-corrected chi connectivity index (χ1v) is 9.77. The molecule has 0 bridgehead atoms. The minimum absolute atomic E-state index is 0.0868. The maximum atomic E-state index is 12.7. The van der Waals surface area contributed by atoms with Gasteiger partial charge in [-0.05, 0) is 23.8 Å². The standard InChI is InChI=1S/C24H18N2O5/c1-30-21-11-17-16-8-4-5-9-19(16)31-20(17)12-18(21)25-22(27)13-26-23(28)10-14-6-2-3-7-15(14)24(26)29/h2-9,11-12H,10,13H2,1H3,(H,25,27). The third-order valence-electron chi connectivity index (χ3n) is 5.41. The van der Waals surface area contributed by atoms with Crippen LogP contribution < -0.4 is 10.1 Å². The average molecular weight is 414 g/mol. The SMILES string of the molecule is COc1cc2c(cc1NC(=O)CN1C(=O)Cc3ccccc3C1=O)oc1ccccc12. The van der Waals surface area contributed by atoms with Crippen molar-refractivity contribution < 1.29 is 23.5 Å². The van der Waals surface area contributed by atoms with Gasteiger partial charge in [0.05, 0.1) is 19.2 Å². The number of imide groups is 1. The number of anilines is 1. The molecule has 1 aliphatic rings. The number of nitrogens with one attached hydrogen (secondary N) is 1. The lowest BCUT2D eigenvalue weighted by molar-refractivity contribution is -0.131. The number of fused-ring (bicyclic) bond motifs is 4. The Labute approximate surface area is 177 Å². The summed E-state index contributed by atoms with van der Waals surface area (Å²) in [5, 5.41) is 4.55. The Balaban J connectivity index is 1.42. The maximum absolute atomic E-state index is 12.7. The van der Waals surface area contributed by atoms with Crippen molar-refractivity contribution in [1.82, 2.24) is 4.90 Å². The van der Waals surface area contributed by atoms with E-state index in [9.17, 15) is 14.4 Å². The van der Waals surface area contributed by atoms with Gasteiger partial charge in [-0.25, -0.2) is 0 Å². The number of ether oxygens (including phenoxy) is 1. The molecule has 2 heterocycles. The van der Waals surface area contributed by atoms with E-state index in [1.807, 2.05) is 24.3 Å². The van der Waals surface area contributed by atoms with Gasteiger partial charge in [0.1, 0.15) is 23.5 Å². The molecule has 5 rings (SSSR count). The summed E-state index contributed by atoms with van der Waals surface area (Å²) in [6.07, 6.45) is 0.0868. The molecule has 0 spiro atoms. The van der Waals surface area contributed by atoms with Crippen LogP contribution in [0.2, 0.25) is 0 Å². The molecule has 3 aromatic carbocycles. The molecule has 3 amide bonds. The van der Waals surface area contributed by atoms with E-state index in [4.69, 9.17) is 9.15 Å². The molecule has 0 saturated heterocycles. The number of nitrogens with zero attached hydrogens (tertiary/aromatic N) is 1. The first-order chi connectivity index (χ1) is 15.0. The van der Waals surface area contributed by atoms with Crippen LogP contribution in [0.4, 0.5) is 5.69 Å². The summed E-state index contributed by atoms with van der Waals surface area (Å²) >= 11 is 0. The molecule has 7 nitrogen and oxygen atoms in total. The Kier molecular flexibility index (Phi) is 4.43. The lowest BCUT2D eigenvalue weighted by Crippen LogP contribution is -2.46. The van der Waals surface area contributed by atoms with E-state index in [-0.39, 0.29) is 13.0 Å². The Hall–Kier alpha value is -4.13. The summed E-state index contributed by atoms with van der Waals surface area (Å²) in [5.41, 5.74) is 2.83. The van der Waals surface area contributed by atoms with Crippen molar-refractivity contribution in [2.24, 2.45) is 0 Å². The van der Waals surface area contributed by atoms with Crippen molar-refractivity contribution in [2.75, 3.05) is 19.0 Å². The number of rotatable bonds is 4. The molecule has 0 saturated carbocycles. The number of methoxy groups -OCH3 is 1. The van der Waals surface area contributed by atoms with Crippen LogP contribution in [0.1, 0.15) is 15.9 Å². The second-order valence-corrected chi connectivity index (χ2v) is 7.31. The predicted molar refractivity (Wildman–Crippen MR) is 115 cm³/mol. The molecular weight excluding hydrogens is 396 g/mol. The number of hydrogen-bond acceptors (Lipinski definition) is 5. The number of carbonyl (C=O) groups is 3. The lowest BCUT2D eigenvalue weighted by atomic mass is 9.98. The van der Waals surface area contributed by atoms with Gasteiger partial charge in [0.25, 0.3) is 5.91 Å². The van der Waals surface area contributed by atoms with E-state index >= 15 is 0 Å². The number of benzene rings is 3. The van der Waals surface area contributed by atoms with Crippen LogP contribution in [-0.2, 0) is 16.0 Å². The first-order valence-electron chi connectivity index (χ1n) is 9.77. The Morgan fingerprint density at radius 2 is 1.81 bits per heavy atom. The highest BCUT2D eigenvalue weighted by atomic mass is 16.5. The number of carbonyl (C=O) groups excluding carboxylic acids is 3. The van der Waals surface area contributed by atoms with Crippen molar-refractivity contribution in [1.29, 1.82) is 0 Å². The summed E-state index contributed by atoms with van der Waals surface area (Å²) in [6, 6.07) is 18.0. The zero-order chi connectivity index (χ0) is 21.5. The number of para-hydroxylation sites is 1. The maximum Gasteiger partial charge on any atom is 0.261 e. The van der Waals surface area contributed by atoms with E-state index < -0.39 is 17.7 Å². The molecule has 0 fully saturated rings. The second kappa shape index (κ2) is 7.28. The highest BCUT2D eigenvalue weighted by Crippen LogP contribution is 2.36. The number of amides is 3. The topological polar surface area (TPSA) is 88.9 Å². The van der Waals surface area contributed by atoms with Gasteiger partial charge in [-0.3, -0.25) is 19.3 Å². The van der Waals surface area contributed by atoms with Gasteiger partial charge in [0.2, 0.25) is 11.8 Å². The molecule has 0 radical (unpaired) electrons. The highest BCUT2D eigenvalue weighted by Gasteiger charge is 2.32. The predicted octanol–water partition coefficient (Wildman–Crippen LogP) is 3.76. The monoisotopic (exact) mass is 414 g/mol. The minimum Gasteiger partial charge on any atom is -0.495 e. The molecular formula is C24H18N2O5. The molecule has 7 heteroatoms. The molecule has 31 heavy (non-hydrogen) atoms. The second-order valence-electron chi connectivity index (χ2n) is 7.31. The van der Waals surface area contributed by atoms with E-state index in [0.717, 1.165) is 21.3 Å². The van der Waals surface area contributed by atoms with E-state index in [1.54, 1.807) is 36.4 Å². The van der Waals surface area contributed by atoms with Crippen molar-refractivity contribution in [3.8, 4) is 5.75 Å². The number of hydrogen-bond donors (Lipinski definition) is 1. The van der Waals surface area contributed by atoms with Crippen molar-refractivity contribution in [3.63, 3.8) is 0 Å². The van der Waals surface area contributed by atoms with Gasteiger partial charge < -0.3 is 14.5 Å². The smallest absolute Gasteiger partial charge is 0.261 e. The zero-order valence-corrected chi connectivity index (χ0v) is 16.7. The summed E-state index contributed by atoms with van der Waals surface area (Å²) in [5.74, 6) is -0.927. The van der Waals surface area contributed by atoms with Crippen molar-refractivity contribution >= 4 is 45.3 Å². The summed E-state index contributed by atoms with van der Waals surface area (Å²) in [4.78, 5) is 38.8. The third-order valence-corrected chi connectivity index (χ3v) is 5.41. The van der Waals surface area contributed by atoms with E-state index in [1.165, 1.54) is 7.11 Å². The molecule has 1 N–H and O–H groups in total. The van der Waals surface area contributed by atoms with E-state index in [2.05, 4.69) is 5.32 Å². The number of furan rings is 1. The fourth-order valence-electron chi connectivity index (χ4n) is 3.91. The van der Waals surface area contributed by atoms with Gasteiger partial charge in [-0.1, -0.05) is 36.4 Å².